The summed E-state index contributed by atoms with van der Waals surface area (Å²) in [7, 11) is 0. The fourth-order valence-corrected chi connectivity index (χ4v) is 9.39. The SMILES string of the molecule is CC1(C)c2ccccc2-c2cc3cccc(-c4ccc5cc(-c6c7ccccc7c(-c7ccc8ccccc8c7)c7ccccc67)ccc5c4)c3cc21. The summed E-state index contributed by atoms with van der Waals surface area (Å²) in [6.07, 6.45) is 0. The Kier molecular flexibility index (Phi) is 6.40. The Bertz CT molecular complexity index is 3080. The van der Waals surface area contributed by atoms with Gasteiger partial charge in [0.15, 0.2) is 0 Å². The van der Waals surface area contributed by atoms with E-state index in [0.717, 1.165) is 0 Å². The Morgan fingerprint density at radius 2 is 0.755 bits per heavy atom. The first-order chi connectivity index (χ1) is 26.0. The molecule has 11 rings (SSSR count). The van der Waals surface area contributed by atoms with Gasteiger partial charge in [0.1, 0.15) is 0 Å². The second-order valence-electron chi connectivity index (χ2n) is 15.3. The van der Waals surface area contributed by atoms with Crippen molar-refractivity contribution in [3.8, 4) is 44.5 Å². The van der Waals surface area contributed by atoms with Gasteiger partial charge in [0.05, 0.1) is 0 Å². The van der Waals surface area contributed by atoms with Crippen molar-refractivity contribution in [2.45, 2.75) is 19.3 Å². The average molecular weight is 673 g/mol. The summed E-state index contributed by atoms with van der Waals surface area (Å²) in [6.45, 7) is 4.73. The highest BCUT2D eigenvalue weighted by molar-refractivity contribution is 6.22. The highest BCUT2D eigenvalue weighted by Crippen LogP contribution is 2.51. The number of hydrogen-bond acceptors (Lipinski definition) is 0. The van der Waals surface area contributed by atoms with Crippen molar-refractivity contribution in [3.05, 3.63) is 193 Å². The fourth-order valence-electron chi connectivity index (χ4n) is 9.39. The van der Waals surface area contributed by atoms with Crippen LogP contribution in [0.2, 0.25) is 0 Å². The second kappa shape index (κ2) is 11.2. The lowest BCUT2D eigenvalue weighted by Crippen LogP contribution is -2.14. The van der Waals surface area contributed by atoms with E-state index in [0.29, 0.717) is 0 Å². The summed E-state index contributed by atoms with van der Waals surface area (Å²) in [5.74, 6) is 0. The first-order valence-corrected chi connectivity index (χ1v) is 18.7. The van der Waals surface area contributed by atoms with Crippen LogP contribution in [0, 0.1) is 0 Å². The number of benzene rings is 10. The molecular formula is C53H36. The molecule has 0 spiro atoms. The van der Waals surface area contributed by atoms with Gasteiger partial charge in [-0.3, -0.25) is 0 Å². The van der Waals surface area contributed by atoms with E-state index < -0.39 is 0 Å². The molecule has 248 valence electrons. The van der Waals surface area contributed by atoms with E-state index in [1.807, 2.05) is 0 Å². The molecule has 53 heavy (non-hydrogen) atoms. The van der Waals surface area contributed by atoms with E-state index in [9.17, 15) is 0 Å². The predicted molar refractivity (Wildman–Crippen MR) is 228 cm³/mol. The van der Waals surface area contributed by atoms with Crippen molar-refractivity contribution < 1.29 is 0 Å². The minimum atomic E-state index is -0.0327. The van der Waals surface area contributed by atoms with Gasteiger partial charge < -0.3 is 0 Å². The monoisotopic (exact) mass is 672 g/mol. The molecule has 10 aromatic rings. The maximum atomic E-state index is 2.46. The Labute approximate surface area is 309 Å². The molecule has 0 heteroatoms. The second-order valence-corrected chi connectivity index (χ2v) is 15.3. The van der Waals surface area contributed by atoms with Gasteiger partial charge in [-0.1, -0.05) is 166 Å². The summed E-state index contributed by atoms with van der Waals surface area (Å²) in [6, 6.07) is 68.0. The van der Waals surface area contributed by atoms with E-state index in [1.165, 1.54) is 109 Å². The third-order valence-electron chi connectivity index (χ3n) is 12.0. The molecule has 0 saturated heterocycles. The number of hydrogen-bond donors (Lipinski definition) is 0. The molecule has 1 aliphatic carbocycles. The summed E-state index contributed by atoms with van der Waals surface area (Å²) < 4.78 is 0. The molecule has 0 radical (unpaired) electrons. The van der Waals surface area contributed by atoms with Crippen LogP contribution >= 0.6 is 0 Å². The third kappa shape index (κ3) is 4.49. The summed E-state index contributed by atoms with van der Waals surface area (Å²) >= 11 is 0. The van der Waals surface area contributed by atoms with Crippen molar-refractivity contribution in [2.75, 3.05) is 0 Å². The highest BCUT2D eigenvalue weighted by Gasteiger charge is 2.35. The average Bonchev–Trinajstić information content (AvgIpc) is 3.43. The third-order valence-corrected chi connectivity index (χ3v) is 12.0. The van der Waals surface area contributed by atoms with Crippen molar-refractivity contribution in [1.29, 1.82) is 0 Å². The molecule has 0 heterocycles. The number of fused-ring (bicyclic) bond motifs is 8. The van der Waals surface area contributed by atoms with Crippen LogP contribution < -0.4 is 0 Å². The first kappa shape index (κ1) is 30.2. The zero-order valence-electron chi connectivity index (χ0n) is 29.8. The molecule has 0 bridgehead atoms. The van der Waals surface area contributed by atoms with Gasteiger partial charge in [0.2, 0.25) is 0 Å². The lowest BCUT2D eigenvalue weighted by molar-refractivity contribution is 0.661. The largest absolute Gasteiger partial charge is 0.0619 e. The molecule has 0 N–H and O–H groups in total. The van der Waals surface area contributed by atoms with Crippen LogP contribution in [0.1, 0.15) is 25.0 Å². The predicted octanol–water partition coefficient (Wildman–Crippen LogP) is 14.8. The van der Waals surface area contributed by atoms with E-state index in [2.05, 4.69) is 196 Å². The molecule has 0 atom stereocenters. The Hall–Kier alpha value is -6.50. The molecule has 0 amide bonds. The van der Waals surface area contributed by atoms with Crippen LogP contribution in [0.15, 0.2) is 182 Å². The van der Waals surface area contributed by atoms with Crippen molar-refractivity contribution in [1.82, 2.24) is 0 Å². The smallest absolute Gasteiger partial charge is 0.0159 e. The summed E-state index contributed by atoms with van der Waals surface area (Å²) in [4.78, 5) is 0. The summed E-state index contributed by atoms with van der Waals surface area (Å²) in [5.41, 5.74) is 13.1. The van der Waals surface area contributed by atoms with Crippen molar-refractivity contribution >= 4 is 53.9 Å². The highest BCUT2D eigenvalue weighted by atomic mass is 14.4. The lowest BCUT2D eigenvalue weighted by atomic mass is 9.81. The van der Waals surface area contributed by atoms with E-state index in [-0.39, 0.29) is 5.41 Å². The van der Waals surface area contributed by atoms with Crippen LogP contribution in [0.4, 0.5) is 0 Å². The minimum Gasteiger partial charge on any atom is -0.0619 e. The zero-order valence-corrected chi connectivity index (χ0v) is 29.8. The molecule has 1 aliphatic rings. The summed E-state index contributed by atoms with van der Waals surface area (Å²) in [5, 5.41) is 12.7. The molecule has 0 fully saturated rings. The van der Waals surface area contributed by atoms with Gasteiger partial charge in [-0.25, -0.2) is 0 Å². The Morgan fingerprint density at radius 3 is 1.42 bits per heavy atom. The van der Waals surface area contributed by atoms with Crippen LogP contribution in [-0.4, -0.2) is 0 Å². The van der Waals surface area contributed by atoms with Crippen LogP contribution in [-0.2, 0) is 5.41 Å². The molecule has 0 saturated carbocycles. The Morgan fingerprint density at radius 1 is 0.283 bits per heavy atom. The van der Waals surface area contributed by atoms with Gasteiger partial charge >= 0.3 is 0 Å². The topological polar surface area (TPSA) is 0 Å². The molecule has 10 aromatic carbocycles. The Balaban J connectivity index is 1.06. The van der Waals surface area contributed by atoms with E-state index in [4.69, 9.17) is 0 Å². The van der Waals surface area contributed by atoms with Gasteiger partial charge in [-0.05, 0) is 140 Å². The maximum Gasteiger partial charge on any atom is 0.0159 e. The molecular weight excluding hydrogens is 637 g/mol. The van der Waals surface area contributed by atoms with Crippen LogP contribution in [0.3, 0.4) is 0 Å². The zero-order chi connectivity index (χ0) is 35.3. The lowest BCUT2D eigenvalue weighted by Gasteiger charge is -2.22. The molecule has 0 nitrogen and oxygen atoms in total. The molecule has 0 unspecified atom stereocenters. The van der Waals surface area contributed by atoms with Gasteiger partial charge in [0, 0.05) is 5.41 Å². The van der Waals surface area contributed by atoms with E-state index >= 15 is 0 Å². The van der Waals surface area contributed by atoms with Gasteiger partial charge in [0.25, 0.3) is 0 Å². The molecule has 0 aromatic heterocycles. The fraction of sp³-hybridized carbons (Fsp3) is 0.0566. The van der Waals surface area contributed by atoms with E-state index in [1.54, 1.807) is 0 Å². The van der Waals surface area contributed by atoms with Crippen molar-refractivity contribution in [3.63, 3.8) is 0 Å². The molecule has 0 aliphatic heterocycles. The van der Waals surface area contributed by atoms with Crippen LogP contribution in [0.25, 0.3) is 98.4 Å². The van der Waals surface area contributed by atoms with Crippen LogP contribution in [0.5, 0.6) is 0 Å². The number of rotatable bonds is 3. The standard InChI is InChI=1S/C53H36/c1-53(2)49-21-10-9-15-42(49)48-31-37-14-11-20-41(47(37)32-50(48)53)38-25-23-36-30-40(27-24-35(36)28-38)52-45-18-7-5-16-43(45)51(44-17-6-8-19-46(44)52)39-26-22-33-12-3-4-13-34(33)29-39/h3-32H,1-2H3. The van der Waals surface area contributed by atoms with Crippen molar-refractivity contribution in [2.24, 2.45) is 0 Å². The quantitative estimate of drug-likeness (QED) is 0.164. The maximum absolute atomic E-state index is 2.46. The first-order valence-electron chi connectivity index (χ1n) is 18.7. The van der Waals surface area contributed by atoms with Gasteiger partial charge in [-0.2, -0.15) is 0 Å². The normalized spacial score (nSPS) is 13.2. The van der Waals surface area contributed by atoms with Gasteiger partial charge in [-0.15, -0.1) is 0 Å². The minimum absolute atomic E-state index is 0.0327.